The van der Waals surface area contributed by atoms with Gasteiger partial charge in [0, 0.05) is 36.8 Å². The number of pyridine rings is 1. The fourth-order valence-corrected chi connectivity index (χ4v) is 3.19. The number of nitrogens with one attached hydrogen (secondary N) is 1. The zero-order valence-corrected chi connectivity index (χ0v) is 14.7. The highest BCUT2D eigenvalue weighted by atomic mass is 79.9. The lowest BCUT2D eigenvalue weighted by Crippen LogP contribution is -2.50. The van der Waals surface area contributed by atoms with E-state index in [2.05, 4.69) is 31.1 Å². The van der Waals surface area contributed by atoms with Gasteiger partial charge < -0.3 is 15.1 Å². The Morgan fingerprint density at radius 2 is 1.96 bits per heavy atom. The van der Waals surface area contributed by atoms with Gasteiger partial charge in [0.15, 0.2) is 0 Å². The van der Waals surface area contributed by atoms with E-state index in [1.165, 1.54) is 0 Å². The summed E-state index contributed by atoms with van der Waals surface area (Å²) in [7, 11) is 0. The molecular weight excluding hydrogens is 380 g/mol. The molecule has 2 amide bonds. The van der Waals surface area contributed by atoms with Crippen LogP contribution in [0.3, 0.4) is 0 Å². The summed E-state index contributed by atoms with van der Waals surface area (Å²) >= 11 is 9.48. The van der Waals surface area contributed by atoms with Crippen molar-refractivity contribution in [2.75, 3.05) is 36.4 Å². The van der Waals surface area contributed by atoms with Gasteiger partial charge in [0.1, 0.15) is 5.82 Å². The standard InChI is InChI=1S/C16H16BrClN4O/c17-12-4-5-14(13(18)11-12)20-16(23)22-9-7-21(8-10-22)15-3-1-2-6-19-15/h1-6,11H,7-10H2,(H,20,23). The van der Waals surface area contributed by atoms with Crippen LogP contribution in [-0.4, -0.2) is 42.1 Å². The molecule has 1 aliphatic heterocycles. The van der Waals surface area contributed by atoms with Crippen molar-refractivity contribution in [1.82, 2.24) is 9.88 Å². The molecule has 120 valence electrons. The topological polar surface area (TPSA) is 48.5 Å². The number of nitrogens with zero attached hydrogens (tertiary/aromatic N) is 3. The summed E-state index contributed by atoms with van der Waals surface area (Å²) in [6.07, 6.45) is 1.78. The molecule has 2 aromatic rings. The third kappa shape index (κ3) is 3.95. The second kappa shape index (κ2) is 7.19. The van der Waals surface area contributed by atoms with Gasteiger partial charge in [0.2, 0.25) is 0 Å². The third-order valence-electron chi connectivity index (χ3n) is 3.71. The quantitative estimate of drug-likeness (QED) is 0.840. The molecule has 1 aliphatic rings. The number of carbonyl (C=O) groups excluding carboxylic acids is 1. The number of anilines is 2. The number of urea groups is 1. The molecule has 0 aliphatic carbocycles. The van der Waals surface area contributed by atoms with Crippen molar-refractivity contribution < 1.29 is 4.79 Å². The molecule has 0 spiro atoms. The first kappa shape index (κ1) is 16.1. The summed E-state index contributed by atoms with van der Waals surface area (Å²) in [6, 6.07) is 11.1. The second-order valence-electron chi connectivity index (χ2n) is 5.22. The number of rotatable bonds is 2. The molecule has 0 atom stereocenters. The van der Waals surface area contributed by atoms with Crippen molar-refractivity contribution in [2.24, 2.45) is 0 Å². The van der Waals surface area contributed by atoms with Crippen molar-refractivity contribution in [3.63, 3.8) is 0 Å². The Morgan fingerprint density at radius 3 is 2.61 bits per heavy atom. The lowest BCUT2D eigenvalue weighted by molar-refractivity contribution is 0.208. The molecule has 1 aromatic carbocycles. The number of amides is 2. The normalized spacial score (nSPS) is 14.7. The van der Waals surface area contributed by atoms with E-state index in [4.69, 9.17) is 11.6 Å². The lowest BCUT2D eigenvalue weighted by atomic mass is 10.3. The van der Waals surface area contributed by atoms with Crippen LogP contribution in [0.25, 0.3) is 0 Å². The number of benzene rings is 1. The highest BCUT2D eigenvalue weighted by Crippen LogP contribution is 2.26. The average Bonchev–Trinajstić information content (AvgIpc) is 2.58. The Morgan fingerprint density at radius 1 is 1.17 bits per heavy atom. The van der Waals surface area contributed by atoms with Crippen molar-refractivity contribution in [3.8, 4) is 0 Å². The SMILES string of the molecule is O=C(Nc1ccc(Br)cc1Cl)N1CCN(c2ccccn2)CC1. The molecule has 2 heterocycles. The van der Waals surface area contributed by atoms with E-state index < -0.39 is 0 Å². The van der Waals surface area contributed by atoms with Crippen LogP contribution in [0.15, 0.2) is 47.1 Å². The van der Waals surface area contributed by atoms with Crippen LogP contribution in [0.1, 0.15) is 0 Å². The number of piperazine rings is 1. The van der Waals surface area contributed by atoms with Crippen LogP contribution in [0.4, 0.5) is 16.3 Å². The van der Waals surface area contributed by atoms with Gasteiger partial charge in [-0.15, -0.1) is 0 Å². The van der Waals surface area contributed by atoms with Crippen molar-refractivity contribution in [3.05, 3.63) is 52.1 Å². The molecule has 0 bridgehead atoms. The highest BCUT2D eigenvalue weighted by Gasteiger charge is 2.22. The molecule has 1 fully saturated rings. The molecule has 1 saturated heterocycles. The van der Waals surface area contributed by atoms with Crippen LogP contribution in [0, 0.1) is 0 Å². The monoisotopic (exact) mass is 394 g/mol. The summed E-state index contributed by atoms with van der Waals surface area (Å²) in [5.74, 6) is 0.948. The lowest BCUT2D eigenvalue weighted by Gasteiger charge is -2.35. The summed E-state index contributed by atoms with van der Waals surface area (Å²) in [5.41, 5.74) is 0.618. The maximum atomic E-state index is 12.4. The van der Waals surface area contributed by atoms with Crippen LogP contribution in [-0.2, 0) is 0 Å². The molecule has 3 rings (SSSR count). The van der Waals surface area contributed by atoms with Gasteiger partial charge in [-0.2, -0.15) is 0 Å². The maximum absolute atomic E-state index is 12.4. The fraction of sp³-hybridized carbons (Fsp3) is 0.250. The molecule has 0 saturated carbocycles. The number of halogens is 2. The van der Waals surface area contributed by atoms with E-state index in [9.17, 15) is 4.79 Å². The molecule has 0 radical (unpaired) electrons. The van der Waals surface area contributed by atoms with Crippen molar-refractivity contribution >= 4 is 45.1 Å². The predicted molar refractivity (Wildman–Crippen MR) is 96.2 cm³/mol. The average molecular weight is 396 g/mol. The molecule has 23 heavy (non-hydrogen) atoms. The van der Waals surface area contributed by atoms with Crippen LogP contribution < -0.4 is 10.2 Å². The van der Waals surface area contributed by atoms with Crippen LogP contribution >= 0.6 is 27.5 Å². The molecule has 1 N–H and O–H groups in total. The minimum atomic E-state index is -0.130. The third-order valence-corrected chi connectivity index (χ3v) is 4.52. The summed E-state index contributed by atoms with van der Waals surface area (Å²) in [6.45, 7) is 2.82. The summed E-state index contributed by atoms with van der Waals surface area (Å²) in [4.78, 5) is 20.7. The molecular formula is C16H16BrClN4O. The smallest absolute Gasteiger partial charge is 0.322 e. The van der Waals surface area contributed by atoms with Gasteiger partial charge in [-0.05, 0) is 30.3 Å². The van der Waals surface area contributed by atoms with E-state index >= 15 is 0 Å². The zero-order chi connectivity index (χ0) is 16.2. The van der Waals surface area contributed by atoms with E-state index in [1.807, 2.05) is 24.3 Å². The maximum Gasteiger partial charge on any atom is 0.322 e. The van der Waals surface area contributed by atoms with Gasteiger partial charge >= 0.3 is 6.03 Å². The first-order valence-electron chi connectivity index (χ1n) is 7.30. The van der Waals surface area contributed by atoms with Crippen molar-refractivity contribution in [1.29, 1.82) is 0 Å². The van der Waals surface area contributed by atoms with E-state index in [1.54, 1.807) is 23.2 Å². The summed E-state index contributed by atoms with van der Waals surface area (Å²) < 4.78 is 0.879. The van der Waals surface area contributed by atoms with Gasteiger partial charge in [0.25, 0.3) is 0 Å². The van der Waals surface area contributed by atoms with Crippen LogP contribution in [0.2, 0.25) is 5.02 Å². The molecule has 1 aromatic heterocycles. The van der Waals surface area contributed by atoms with Gasteiger partial charge in [-0.3, -0.25) is 0 Å². The van der Waals surface area contributed by atoms with Gasteiger partial charge in [-0.25, -0.2) is 9.78 Å². The Kier molecular flexibility index (Phi) is 5.03. The Labute approximate surface area is 148 Å². The van der Waals surface area contributed by atoms with Crippen LogP contribution in [0.5, 0.6) is 0 Å². The first-order valence-corrected chi connectivity index (χ1v) is 8.47. The Hall–Kier alpha value is -1.79. The van der Waals surface area contributed by atoms with E-state index in [0.717, 1.165) is 23.4 Å². The summed E-state index contributed by atoms with van der Waals surface area (Å²) in [5, 5.41) is 3.38. The zero-order valence-electron chi connectivity index (χ0n) is 12.4. The second-order valence-corrected chi connectivity index (χ2v) is 6.54. The number of hydrogen-bond donors (Lipinski definition) is 1. The largest absolute Gasteiger partial charge is 0.353 e. The van der Waals surface area contributed by atoms with Crippen molar-refractivity contribution in [2.45, 2.75) is 0 Å². The highest BCUT2D eigenvalue weighted by molar-refractivity contribution is 9.10. The van der Waals surface area contributed by atoms with E-state index in [0.29, 0.717) is 23.8 Å². The Balaban J connectivity index is 1.58. The Bertz CT molecular complexity index is 690. The minimum absolute atomic E-state index is 0.130. The van der Waals surface area contributed by atoms with Gasteiger partial charge in [0.05, 0.1) is 10.7 Å². The van der Waals surface area contributed by atoms with E-state index in [-0.39, 0.29) is 6.03 Å². The molecule has 7 heteroatoms. The fourth-order valence-electron chi connectivity index (χ4n) is 2.46. The number of aromatic nitrogens is 1. The molecule has 0 unspecified atom stereocenters. The number of hydrogen-bond acceptors (Lipinski definition) is 3. The first-order chi connectivity index (χ1) is 11.1. The molecule has 5 nitrogen and oxygen atoms in total. The predicted octanol–water partition coefficient (Wildman–Crippen LogP) is 3.85. The number of carbonyl (C=O) groups is 1. The minimum Gasteiger partial charge on any atom is -0.353 e. The van der Waals surface area contributed by atoms with Gasteiger partial charge in [-0.1, -0.05) is 33.6 Å².